The van der Waals surface area contributed by atoms with E-state index in [9.17, 15) is 17.6 Å². The van der Waals surface area contributed by atoms with Gasteiger partial charge in [0.1, 0.15) is 12.4 Å². The molecule has 1 amide bonds. The van der Waals surface area contributed by atoms with Crippen LogP contribution in [0.15, 0.2) is 54.6 Å². The normalized spacial score (nSPS) is 12.4. The van der Waals surface area contributed by atoms with Gasteiger partial charge in [-0.15, -0.1) is 0 Å². The van der Waals surface area contributed by atoms with Crippen LogP contribution in [0.4, 0.5) is 4.39 Å². The van der Waals surface area contributed by atoms with Gasteiger partial charge in [0.15, 0.2) is 21.4 Å². The zero-order chi connectivity index (χ0) is 20.4. The molecule has 0 fully saturated rings. The molecular formula is C21H26FNO4S. The van der Waals surface area contributed by atoms with E-state index in [2.05, 4.69) is 5.32 Å². The summed E-state index contributed by atoms with van der Waals surface area (Å²) in [6.07, 6.45) is 2.26. The van der Waals surface area contributed by atoms with Crippen molar-refractivity contribution in [1.82, 2.24) is 5.32 Å². The van der Waals surface area contributed by atoms with Crippen molar-refractivity contribution in [1.29, 1.82) is 0 Å². The van der Waals surface area contributed by atoms with Crippen molar-refractivity contribution in [3.05, 3.63) is 66.0 Å². The minimum atomic E-state index is -3.47. The monoisotopic (exact) mass is 407 g/mol. The molecule has 0 aromatic heterocycles. The molecule has 1 N–H and O–H groups in total. The Morgan fingerprint density at radius 3 is 2.43 bits per heavy atom. The van der Waals surface area contributed by atoms with Crippen molar-refractivity contribution in [2.24, 2.45) is 0 Å². The van der Waals surface area contributed by atoms with Crippen molar-refractivity contribution in [2.45, 2.75) is 32.2 Å². The van der Waals surface area contributed by atoms with Gasteiger partial charge in [-0.25, -0.2) is 12.8 Å². The Hall–Kier alpha value is -2.41. The molecule has 2 aromatic carbocycles. The van der Waals surface area contributed by atoms with Gasteiger partial charge in [-0.1, -0.05) is 62.2 Å². The first-order chi connectivity index (χ1) is 13.4. The third-order valence-electron chi connectivity index (χ3n) is 4.19. The van der Waals surface area contributed by atoms with Crippen LogP contribution < -0.4 is 10.1 Å². The van der Waals surface area contributed by atoms with Crippen molar-refractivity contribution in [3.63, 3.8) is 0 Å². The standard InChI is InChI=1S/C21H26FNO4S/c1-2-3-9-14-28(25,26)16-21(24)23-19(17-10-5-4-6-11-17)15-27-20-13-8-7-12-18(20)22/h4-8,10-13,19H,2-3,9,14-16H2,1H3,(H,23,24). The van der Waals surface area contributed by atoms with Crippen LogP contribution in [-0.2, 0) is 14.6 Å². The fraction of sp³-hybridized carbons (Fsp3) is 0.381. The Bertz CT molecular complexity index is 856. The largest absolute Gasteiger partial charge is 0.488 e. The number of halogens is 1. The van der Waals surface area contributed by atoms with Gasteiger partial charge in [0.25, 0.3) is 0 Å². The number of ether oxygens (including phenoxy) is 1. The lowest BCUT2D eigenvalue weighted by Crippen LogP contribution is -2.37. The highest BCUT2D eigenvalue weighted by Crippen LogP contribution is 2.19. The van der Waals surface area contributed by atoms with Crippen molar-refractivity contribution >= 4 is 15.7 Å². The lowest BCUT2D eigenvalue weighted by Gasteiger charge is -2.20. The second-order valence-corrected chi connectivity index (χ2v) is 8.76. The van der Waals surface area contributed by atoms with E-state index >= 15 is 0 Å². The van der Waals surface area contributed by atoms with E-state index in [-0.39, 0.29) is 18.1 Å². The second-order valence-electron chi connectivity index (χ2n) is 6.57. The fourth-order valence-electron chi connectivity index (χ4n) is 2.72. The topological polar surface area (TPSA) is 72.5 Å². The Balaban J connectivity index is 2.03. The van der Waals surface area contributed by atoms with Gasteiger partial charge < -0.3 is 10.1 Å². The van der Waals surface area contributed by atoms with Crippen LogP contribution >= 0.6 is 0 Å². The quantitative estimate of drug-likeness (QED) is 0.577. The highest BCUT2D eigenvalue weighted by atomic mass is 32.2. The summed E-state index contributed by atoms with van der Waals surface area (Å²) < 4.78 is 43.5. The third kappa shape index (κ3) is 7.31. The van der Waals surface area contributed by atoms with Crippen LogP contribution in [0.5, 0.6) is 5.75 Å². The average Bonchev–Trinajstić information content (AvgIpc) is 2.66. The number of nitrogens with one attached hydrogen (secondary N) is 1. The summed E-state index contributed by atoms with van der Waals surface area (Å²) in [6, 6.07) is 14.4. The van der Waals surface area contributed by atoms with Gasteiger partial charge in [-0.05, 0) is 24.1 Å². The predicted octanol–water partition coefficient (Wildman–Crippen LogP) is 3.67. The fourth-order valence-corrected chi connectivity index (χ4v) is 3.99. The van der Waals surface area contributed by atoms with Crippen LogP contribution in [0.3, 0.4) is 0 Å². The van der Waals surface area contributed by atoms with Crippen LogP contribution in [0.1, 0.15) is 37.8 Å². The Morgan fingerprint density at radius 1 is 1.07 bits per heavy atom. The minimum absolute atomic E-state index is 0.00398. The smallest absolute Gasteiger partial charge is 0.235 e. The molecule has 5 nitrogen and oxygen atoms in total. The number of hydrogen-bond donors (Lipinski definition) is 1. The zero-order valence-corrected chi connectivity index (χ0v) is 16.8. The molecule has 28 heavy (non-hydrogen) atoms. The molecule has 0 radical (unpaired) electrons. The minimum Gasteiger partial charge on any atom is -0.488 e. The second kappa shape index (κ2) is 10.8. The molecule has 1 atom stereocenters. The average molecular weight is 408 g/mol. The molecule has 2 rings (SSSR count). The van der Waals surface area contributed by atoms with Crippen molar-refractivity contribution in [2.75, 3.05) is 18.1 Å². The van der Waals surface area contributed by atoms with Crippen LogP contribution in [0.2, 0.25) is 0 Å². The van der Waals surface area contributed by atoms with E-state index in [1.165, 1.54) is 12.1 Å². The van der Waals surface area contributed by atoms with Crippen LogP contribution in [0, 0.1) is 5.82 Å². The molecule has 0 aliphatic carbocycles. The SMILES string of the molecule is CCCCCS(=O)(=O)CC(=O)NC(COc1ccccc1F)c1ccccc1. The molecular weight excluding hydrogens is 381 g/mol. The Morgan fingerprint density at radius 2 is 1.75 bits per heavy atom. The third-order valence-corrected chi connectivity index (χ3v) is 5.80. The molecule has 2 aromatic rings. The molecule has 0 saturated heterocycles. The highest BCUT2D eigenvalue weighted by molar-refractivity contribution is 7.92. The number of sulfone groups is 1. The van der Waals surface area contributed by atoms with E-state index in [0.29, 0.717) is 6.42 Å². The van der Waals surface area contributed by atoms with E-state index < -0.39 is 33.4 Å². The van der Waals surface area contributed by atoms with Gasteiger partial charge in [0.05, 0.1) is 11.8 Å². The summed E-state index contributed by atoms with van der Waals surface area (Å²) in [6.45, 7) is 1.96. The molecule has 0 aliphatic heterocycles. The maximum absolute atomic E-state index is 13.8. The number of hydrogen-bond acceptors (Lipinski definition) is 4. The van der Waals surface area contributed by atoms with Gasteiger partial charge >= 0.3 is 0 Å². The molecule has 0 bridgehead atoms. The molecule has 0 aliphatic rings. The van der Waals surface area contributed by atoms with Gasteiger partial charge in [-0.2, -0.15) is 0 Å². The Kier molecular flexibility index (Phi) is 8.44. The number of para-hydroxylation sites is 1. The molecule has 0 saturated carbocycles. The molecule has 1 unspecified atom stereocenters. The summed E-state index contributed by atoms with van der Waals surface area (Å²) >= 11 is 0. The first kappa shape index (κ1) is 21.9. The van der Waals surface area contributed by atoms with Crippen LogP contribution in [-0.4, -0.2) is 32.4 Å². The van der Waals surface area contributed by atoms with Gasteiger partial charge in [0, 0.05) is 0 Å². The highest BCUT2D eigenvalue weighted by Gasteiger charge is 2.21. The van der Waals surface area contributed by atoms with E-state index in [1.807, 2.05) is 13.0 Å². The molecule has 0 spiro atoms. The molecule has 7 heteroatoms. The number of rotatable bonds is 11. The van der Waals surface area contributed by atoms with E-state index in [1.54, 1.807) is 36.4 Å². The maximum atomic E-state index is 13.8. The number of unbranched alkanes of at least 4 members (excludes halogenated alkanes) is 2. The summed E-state index contributed by atoms with van der Waals surface area (Å²) in [4.78, 5) is 12.3. The maximum Gasteiger partial charge on any atom is 0.235 e. The van der Waals surface area contributed by atoms with Crippen molar-refractivity contribution in [3.8, 4) is 5.75 Å². The summed E-state index contributed by atoms with van der Waals surface area (Å²) in [7, 11) is -3.47. The summed E-state index contributed by atoms with van der Waals surface area (Å²) in [5, 5.41) is 2.70. The molecule has 0 heterocycles. The lowest BCUT2D eigenvalue weighted by atomic mass is 10.1. The molecule has 152 valence electrons. The van der Waals surface area contributed by atoms with Gasteiger partial charge in [0.2, 0.25) is 5.91 Å². The van der Waals surface area contributed by atoms with Crippen molar-refractivity contribution < 1.29 is 22.3 Å². The zero-order valence-electron chi connectivity index (χ0n) is 15.9. The number of benzene rings is 2. The summed E-state index contributed by atoms with van der Waals surface area (Å²) in [5.74, 6) is -1.60. The van der Waals surface area contributed by atoms with Crippen LogP contribution in [0.25, 0.3) is 0 Å². The van der Waals surface area contributed by atoms with Gasteiger partial charge in [-0.3, -0.25) is 4.79 Å². The lowest BCUT2D eigenvalue weighted by molar-refractivity contribution is -0.119. The predicted molar refractivity (Wildman–Crippen MR) is 107 cm³/mol. The van der Waals surface area contributed by atoms with E-state index in [0.717, 1.165) is 18.4 Å². The first-order valence-electron chi connectivity index (χ1n) is 9.33. The summed E-state index contributed by atoms with van der Waals surface area (Å²) in [5.41, 5.74) is 0.746. The van der Waals surface area contributed by atoms with E-state index in [4.69, 9.17) is 4.74 Å². The number of amides is 1. The Labute approximate surface area is 165 Å². The number of carbonyl (C=O) groups excluding carboxylic acids is 1. The number of carbonyl (C=O) groups is 1. The first-order valence-corrected chi connectivity index (χ1v) is 11.2.